The minimum atomic E-state index is 0.00113. The van der Waals surface area contributed by atoms with Gasteiger partial charge in [-0.25, -0.2) is 9.50 Å². The van der Waals surface area contributed by atoms with E-state index in [9.17, 15) is 4.79 Å². The van der Waals surface area contributed by atoms with E-state index in [1.807, 2.05) is 6.07 Å². The molecule has 0 bridgehead atoms. The van der Waals surface area contributed by atoms with Crippen molar-refractivity contribution in [2.24, 2.45) is 5.92 Å². The largest absolute Gasteiger partial charge is 0.276 e. The van der Waals surface area contributed by atoms with Gasteiger partial charge in [0.1, 0.15) is 5.82 Å². The molecule has 1 fully saturated rings. The number of fused-ring (bicyclic) bond motifs is 1. The Bertz CT molecular complexity index is 619. The lowest BCUT2D eigenvalue weighted by atomic mass is 9.85. The zero-order valence-corrected chi connectivity index (χ0v) is 10.9. The average Bonchev–Trinajstić information content (AvgIpc) is 2.57. The predicted molar refractivity (Wildman–Crippen MR) is 70.9 cm³/mol. The molecule has 96 valence electrons. The smallest absolute Gasteiger partial charge is 0.271 e. The Morgan fingerprint density at radius 2 is 2.22 bits per heavy atom. The molecule has 0 amide bonds. The van der Waals surface area contributed by atoms with Gasteiger partial charge in [-0.15, -0.1) is 0 Å². The number of nitrogens with zero attached hydrogens (tertiary/aromatic N) is 2. The molecule has 18 heavy (non-hydrogen) atoms. The summed E-state index contributed by atoms with van der Waals surface area (Å²) in [6.45, 7) is 4.32. The molecule has 1 N–H and O–H groups in total. The highest BCUT2D eigenvalue weighted by atomic mass is 16.1. The highest BCUT2D eigenvalue weighted by molar-refractivity contribution is 5.41. The fourth-order valence-electron chi connectivity index (χ4n) is 2.52. The molecule has 2 aromatic rings. The number of pyridine rings is 1. The first kappa shape index (κ1) is 11.5. The SMILES string of the molecule is CC(C)Cc1cc(=O)n2[nH]c(C3CCC3)nc2c1. The van der Waals surface area contributed by atoms with Crippen molar-refractivity contribution >= 4 is 5.65 Å². The molecule has 1 aliphatic carbocycles. The van der Waals surface area contributed by atoms with Crippen molar-refractivity contribution < 1.29 is 0 Å². The van der Waals surface area contributed by atoms with E-state index in [1.165, 1.54) is 19.3 Å². The average molecular weight is 245 g/mol. The summed E-state index contributed by atoms with van der Waals surface area (Å²) < 4.78 is 1.57. The van der Waals surface area contributed by atoms with Crippen LogP contribution in [0.3, 0.4) is 0 Å². The van der Waals surface area contributed by atoms with Crippen LogP contribution in [0.4, 0.5) is 0 Å². The van der Waals surface area contributed by atoms with Crippen molar-refractivity contribution in [3.05, 3.63) is 33.9 Å². The fraction of sp³-hybridized carbons (Fsp3) is 0.571. The summed E-state index contributed by atoms with van der Waals surface area (Å²) in [5.74, 6) is 2.05. The number of aromatic amines is 1. The van der Waals surface area contributed by atoms with E-state index in [4.69, 9.17) is 0 Å². The highest BCUT2D eigenvalue weighted by Gasteiger charge is 2.23. The van der Waals surface area contributed by atoms with E-state index in [1.54, 1.807) is 10.6 Å². The zero-order valence-electron chi connectivity index (χ0n) is 10.9. The monoisotopic (exact) mass is 245 g/mol. The van der Waals surface area contributed by atoms with E-state index in [0.29, 0.717) is 11.8 Å². The maximum absolute atomic E-state index is 12.0. The summed E-state index contributed by atoms with van der Waals surface area (Å²) in [7, 11) is 0. The van der Waals surface area contributed by atoms with Gasteiger partial charge >= 0.3 is 0 Å². The second-order valence-electron chi connectivity index (χ2n) is 5.73. The van der Waals surface area contributed by atoms with E-state index in [2.05, 4.69) is 23.9 Å². The van der Waals surface area contributed by atoms with Gasteiger partial charge in [-0.3, -0.25) is 9.89 Å². The second-order valence-corrected chi connectivity index (χ2v) is 5.73. The van der Waals surface area contributed by atoms with Crippen LogP contribution in [-0.2, 0) is 6.42 Å². The Morgan fingerprint density at radius 3 is 2.83 bits per heavy atom. The van der Waals surface area contributed by atoms with Gasteiger partial charge in [0, 0.05) is 12.0 Å². The lowest BCUT2D eigenvalue weighted by Gasteiger charge is -2.22. The zero-order chi connectivity index (χ0) is 12.7. The van der Waals surface area contributed by atoms with Crippen molar-refractivity contribution in [2.75, 3.05) is 0 Å². The summed E-state index contributed by atoms with van der Waals surface area (Å²) in [4.78, 5) is 16.6. The lowest BCUT2D eigenvalue weighted by Crippen LogP contribution is -2.15. The molecule has 0 aromatic carbocycles. The first-order valence-electron chi connectivity index (χ1n) is 6.75. The van der Waals surface area contributed by atoms with Crippen LogP contribution >= 0.6 is 0 Å². The molecule has 0 spiro atoms. The number of hydrogen-bond donors (Lipinski definition) is 1. The fourth-order valence-corrected chi connectivity index (χ4v) is 2.52. The third-order valence-corrected chi connectivity index (χ3v) is 3.67. The summed E-state index contributed by atoms with van der Waals surface area (Å²) in [5.41, 5.74) is 1.85. The Morgan fingerprint density at radius 1 is 1.44 bits per heavy atom. The molecule has 4 heteroatoms. The van der Waals surface area contributed by atoms with E-state index >= 15 is 0 Å². The number of rotatable bonds is 3. The minimum absolute atomic E-state index is 0.00113. The second kappa shape index (κ2) is 4.26. The van der Waals surface area contributed by atoms with Crippen LogP contribution in [0.1, 0.15) is 50.4 Å². The van der Waals surface area contributed by atoms with E-state index in [-0.39, 0.29) is 5.56 Å². The summed E-state index contributed by atoms with van der Waals surface area (Å²) >= 11 is 0. The summed E-state index contributed by atoms with van der Waals surface area (Å²) in [6.07, 6.45) is 4.58. The van der Waals surface area contributed by atoms with Crippen LogP contribution in [0, 0.1) is 5.92 Å². The molecular weight excluding hydrogens is 226 g/mol. The van der Waals surface area contributed by atoms with Crippen molar-refractivity contribution in [2.45, 2.75) is 45.4 Å². The maximum Gasteiger partial charge on any atom is 0.271 e. The van der Waals surface area contributed by atoms with Crippen LogP contribution in [0.5, 0.6) is 0 Å². The van der Waals surface area contributed by atoms with Crippen molar-refractivity contribution in [3.63, 3.8) is 0 Å². The van der Waals surface area contributed by atoms with Crippen molar-refractivity contribution in [3.8, 4) is 0 Å². The molecule has 4 nitrogen and oxygen atoms in total. The molecule has 0 saturated heterocycles. The molecule has 0 unspecified atom stereocenters. The molecule has 2 heterocycles. The topological polar surface area (TPSA) is 50.2 Å². The molecular formula is C14H19N3O. The highest BCUT2D eigenvalue weighted by Crippen LogP contribution is 2.34. The van der Waals surface area contributed by atoms with E-state index < -0.39 is 0 Å². The Hall–Kier alpha value is -1.58. The molecule has 0 atom stereocenters. The van der Waals surface area contributed by atoms with Crippen LogP contribution in [0.2, 0.25) is 0 Å². The van der Waals surface area contributed by atoms with Gasteiger partial charge in [0.2, 0.25) is 0 Å². The van der Waals surface area contributed by atoms with Crippen LogP contribution in [0.15, 0.2) is 16.9 Å². The predicted octanol–water partition coefficient (Wildman–Crippen LogP) is 2.49. The molecule has 2 aromatic heterocycles. The maximum atomic E-state index is 12.0. The van der Waals surface area contributed by atoms with Gasteiger partial charge in [0.15, 0.2) is 5.65 Å². The number of aromatic nitrogens is 3. The van der Waals surface area contributed by atoms with Crippen LogP contribution in [0.25, 0.3) is 5.65 Å². The molecule has 3 rings (SSSR count). The number of nitrogens with one attached hydrogen (secondary N) is 1. The molecule has 0 radical (unpaired) electrons. The van der Waals surface area contributed by atoms with Gasteiger partial charge in [0.25, 0.3) is 5.56 Å². The van der Waals surface area contributed by atoms with Gasteiger partial charge in [-0.05, 0) is 36.8 Å². The Balaban J connectivity index is 2.03. The normalized spacial score (nSPS) is 16.4. The Labute approximate surface area is 106 Å². The lowest BCUT2D eigenvalue weighted by molar-refractivity contribution is 0.401. The third-order valence-electron chi connectivity index (χ3n) is 3.67. The molecule has 1 aliphatic rings. The number of H-pyrrole nitrogens is 1. The van der Waals surface area contributed by atoms with Crippen molar-refractivity contribution in [1.29, 1.82) is 0 Å². The third kappa shape index (κ3) is 1.96. The van der Waals surface area contributed by atoms with Gasteiger partial charge in [-0.2, -0.15) is 0 Å². The first-order valence-corrected chi connectivity index (χ1v) is 6.75. The van der Waals surface area contributed by atoms with E-state index in [0.717, 1.165) is 23.5 Å². The van der Waals surface area contributed by atoms with Gasteiger partial charge in [-0.1, -0.05) is 20.3 Å². The molecule has 0 aliphatic heterocycles. The Kier molecular flexibility index (Phi) is 2.73. The quantitative estimate of drug-likeness (QED) is 0.903. The van der Waals surface area contributed by atoms with Gasteiger partial charge in [0.05, 0.1) is 0 Å². The minimum Gasteiger partial charge on any atom is -0.276 e. The summed E-state index contributed by atoms with van der Waals surface area (Å²) in [5, 5.41) is 3.14. The first-order chi connectivity index (χ1) is 8.63. The molecule has 1 saturated carbocycles. The van der Waals surface area contributed by atoms with Crippen LogP contribution < -0.4 is 5.56 Å². The summed E-state index contributed by atoms with van der Waals surface area (Å²) in [6, 6.07) is 3.75. The number of hydrogen-bond acceptors (Lipinski definition) is 2. The van der Waals surface area contributed by atoms with Crippen molar-refractivity contribution in [1.82, 2.24) is 14.6 Å². The van der Waals surface area contributed by atoms with Crippen LogP contribution in [-0.4, -0.2) is 14.6 Å². The standard InChI is InChI=1S/C14H19N3O/c1-9(2)6-10-7-12-15-14(11-4-3-5-11)16-17(12)13(18)8-10/h7-9,11H,3-6H2,1-2H3,(H,15,16). The van der Waals surface area contributed by atoms with Gasteiger partial charge < -0.3 is 0 Å².